The van der Waals surface area contributed by atoms with Crippen LogP contribution < -0.4 is 14.8 Å². The number of hydrogen-bond acceptors (Lipinski definition) is 7. The first-order valence-corrected chi connectivity index (χ1v) is 13.3. The number of ether oxygens (including phenoxy) is 3. The Balaban J connectivity index is 1.82. The zero-order valence-corrected chi connectivity index (χ0v) is 23.2. The summed E-state index contributed by atoms with van der Waals surface area (Å²) in [6, 6.07) is 16.2. The minimum Gasteiger partial charge on any atom is -0.490 e. The molecule has 3 aromatic rings. The molecular weight excluding hydrogens is 524 g/mol. The van der Waals surface area contributed by atoms with E-state index in [0.29, 0.717) is 40.3 Å². The number of benzene rings is 2. The number of carbonyl (C=O) groups excluding carboxylic acids is 2. The van der Waals surface area contributed by atoms with Crippen molar-refractivity contribution in [2.75, 3.05) is 18.5 Å². The summed E-state index contributed by atoms with van der Waals surface area (Å²) in [6.45, 7) is 8.49. The van der Waals surface area contributed by atoms with Gasteiger partial charge in [0.05, 0.1) is 18.8 Å². The van der Waals surface area contributed by atoms with Gasteiger partial charge in [-0.3, -0.25) is 4.79 Å². The van der Waals surface area contributed by atoms with E-state index in [9.17, 15) is 14.9 Å². The van der Waals surface area contributed by atoms with E-state index in [1.165, 1.54) is 17.4 Å². The van der Waals surface area contributed by atoms with E-state index in [-0.39, 0.29) is 23.7 Å². The van der Waals surface area contributed by atoms with Crippen molar-refractivity contribution in [3.8, 4) is 17.6 Å². The number of hydrogen-bond donors (Lipinski definition) is 1. The average molecular weight is 553 g/mol. The van der Waals surface area contributed by atoms with E-state index in [1.54, 1.807) is 43.3 Å². The summed E-state index contributed by atoms with van der Waals surface area (Å²) >= 11 is 7.23. The number of anilines is 1. The molecule has 0 aliphatic rings. The first-order chi connectivity index (χ1) is 18.2. The molecule has 198 valence electrons. The van der Waals surface area contributed by atoms with Gasteiger partial charge in [-0.05, 0) is 67.3 Å². The van der Waals surface area contributed by atoms with Crippen molar-refractivity contribution in [2.24, 2.45) is 0 Å². The van der Waals surface area contributed by atoms with Crippen molar-refractivity contribution in [3.05, 3.63) is 80.7 Å². The normalized spacial score (nSPS) is 11.1. The van der Waals surface area contributed by atoms with Crippen molar-refractivity contribution < 1.29 is 23.8 Å². The van der Waals surface area contributed by atoms with Gasteiger partial charge in [-0.1, -0.05) is 43.6 Å². The first kappa shape index (κ1) is 28.8. The third kappa shape index (κ3) is 7.60. The highest BCUT2D eigenvalue weighted by atomic mass is 35.5. The van der Waals surface area contributed by atoms with Crippen LogP contribution in [0.15, 0.2) is 54.1 Å². The van der Waals surface area contributed by atoms with Crippen LogP contribution in [0.25, 0.3) is 6.08 Å². The summed E-state index contributed by atoms with van der Waals surface area (Å²) in [5.74, 6) is 0.0144. The van der Waals surface area contributed by atoms with Gasteiger partial charge in [0.1, 0.15) is 23.3 Å². The third-order valence-corrected chi connectivity index (χ3v) is 6.90. The maximum atomic E-state index is 13.0. The average Bonchev–Trinajstić information content (AvgIpc) is 3.32. The Hall–Kier alpha value is -3.80. The lowest BCUT2D eigenvalue weighted by Crippen LogP contribution is -2.15. The summed E-state index contributed by atoms with van der Waals surface area (Å²) in [5.41, 5.74) is 1.67. The lowest BCUT2D eigenvalue weighted by atomic mass is 10.1. The van der Waals surface area contributed by atoms with Crippen molar-refractivity contribution in [3.63, 3.8) is 0 Å². The number of halogens is 1. The Morgan fingerprint density at radius 3 is 2.42 bits per heavy atom. The predicted molar refractivity (Wildman–Crippen MR) is 150 cm³/mol. The van der Waals surface area contributed by atoms with Crippen LogP contribution in [0.1, 0.15) is 60.0 Å². The number of carbonyl (C=O) groups is 2. The summed E-state index contributed by atoms with van der Waals surface area (Å²) in [7, 11) is 0. The molecule has 0 fully saturated rings. The van der Waals surface area contributed by atoms with Crippen LogP contribution in [0.3, 0.4) is 0 Å². The standard InChI is InChI=1S/C29H29ClN2O5S/c1-5-35-25-14-20(9-12-24(25)37-17-19-7-10-22(30)11-8-19)13-21(16-31)27(33)32-28-23(29(34)36-6-2)15-26(38-28)18(3)4/h7-15,18H,5-6,17H2,1-4H3,(H,32,33)/b21-13+. The predicted octanol–water partition coefficient (Wildman–Crippen LogP) is 7.22. The van der Waals surface area contributed by atoms with E-state index >= 15 is 0 Å². The van der Waals surface area contributed by atoms with Crippen molar-refractivity contribution in [1.82, 2.24) is 0 Å². The van der Waals surface area contributed by atoms with Gasteiger partial charge in [0, 0.05) is 9.90 Å². The van der Waals surface area contributed by atoms with Gasteiger partial charge < -0.3 is 19.5 Å². The van der Waals surface area contributed by atoms with Gasteiger partial charge in [0.15, 0.2) is 11.5 Å². The lowest BCUT2D eigenvalue weighted by molar-refractivity contribution is -0.112. The molecule has 0 radical (unpaired) electrons. The summed E-state index contributed by atoms with van der Waals surface area (Å²) in [6.07, 6.45) is 1.46. The fraction of sp³-hybridized carbons (Fsp3) is 0.276. The molecule has 9 heteroatoms. The molecule has 1 aromatic heterocycles. The van der Waals surface area contributed by atoms with Crippen molar-refractivity contribution in [2.45, 2.75) is 40.2 Å². The van der Waals surface area contributed by atoms with E-state index in [4.69, 9.17) is 25.8 Å². The molecule has 0 unspecified atom stereocenters. The Labute approximate surface area is 231 Å². The van der Waals surface area contributed by atoms with Gasteiger partial charge >= 0.3 is 5.97 Å². The van der Waals surface area contributed by atoms with Gasteiger partial charge in [-0.25, -0.2) is 4.79 Å². The molecule has 0 saturated carbocycles. The minimum absolute atomic E-state index is 0.128. The van der Waals surface area contributed by atoms with Crippen LogP contribution in [-0.4, -0.2) is 25.1 Å². The van der Waals surface area contributed by atoms with Crippen LogP contribution in [0.5, 0.6) is 11.5 Å². The topological polar surface area (TPSA) is 97.7 Å². The van der Waals surface area contributed by atoms with Gasteiger partial charge in [-0.2, -0.15) is 5.26 Å². The van der Waals surface area contributed by atoms with Crippen LogP contribution in [0.4, 0.5) is 5.00 Å². The van der Waals surface area contributed by atoms with Crippen LogP contribution in [0.2, 0.25) is 5.02 Å². The van der Waals surface area contributed by atoms with Crippen molar-refractivity contribution >= 4 is 45.9 Å². The Morgan fingerprint density at radius 2 is 1.79 bits per heavy atom. The third-order valence-electron chi connectivity index (χ3n) is 5.29. The Kier molecular flexibility index (Phi) is 10.3. The highest BCUT2D eigenvalue weighted by Gasteiger charge is 2.21. The fourth-order valence-electron chi connectivity index (χ4n) is 3.38. The molecule has 0 bridgehead atoms. The highest BCUT2D eigenvalue weighted by Crippen LogP contribution is 2.34. The number of nitrogens with one attached hydrogen (secondary N) is 1. The SMILES string of the molecule is CCOC(=O)c1cc(C(C)C)sc1NC(=O)/C(C#N)=C/c1ccc(OCc2ccc(Cl)cc2)c(OCC)c1. The summed E-state index contributed by atoms with van der Waals surface area (Å²) < 4.78 is 16.8. The number of nitrogens with zero attached hydrogens (tertiary/aromatic N) is 1. The number of thiophene rings is 1. The molecular formula is C29H29ClN2O5S. The molecule has 1 N–H and O–H groups in total. The Bertz CT molecular complexity index is 1360. The molecule has 1 heterocycles. The molecule has 0 aliphatic heterocycles. The van der Waals surface area contributed by atoms with Crippen LogP contribution in [0, 0.1) is 11.3 Å². The molecule has 3 rings (SSSR count). The number of rotatable bonds is 11. The van der Waals surface area contributed by atoms with Crippen LogP contribution in [-0.2, 0) is 16.1 Å². The smallest absolute Gasteiger partial charge is 0.341 e. The number of amides is 1. The molecule has 2 aromatic carbocycles. The van der Waals surface area contributed by atoms with E-state index in [0.717, 1.165) is 10.4 Å². The molecule has 38 heavy (non-hydrogen) atoms. The zero-order chi connectivity index (χ0) is 27.7. The molecule has 0 spiro atoms. The second-order valence-electron chi connectivity index (χ2n) is 8.45. The largest absolute Gasteiger partial charge is 0.490 e. The van der Waals surface area contributed by atoms with E-state index in [2.05, 4.69) is 5.32 Å². The minimum atomic E-state index is -0.628. The molecule has 7 nitrogen and oxygen atoms in total. The zero-order valence-electron chi connectivity index (χ0n) is 21.7. The maximum Gasteiger partial charge on any atom is 0.341 e. The van der Waals surface area contributed by atoms with Gasteiger partial charge in [-0.15, -0.1) is 11.3 Å². The second-order valence-corrected chi connectivity index (χ2v) is 9.97. The van der Waals surface area contributed by atoms with E-state index in [1.807, 2.05) is 39.0 Å². The molecule has 1 amide bonds. The molecule has 0 aliphatic carbocycles. The number of esters is 1. The second kappa shape index (κ2) is 13.7. The monoisotopic (exact) mass is 552 g/mol. The van der Waals surface area contributed by atoms with Crippen molar-refractivity contribution in [1.29, 1.82) is 5.26 Å². The van der Waals surface area contributed by atoms with Gasteiger partial charge in [0.2, 0.25) is 0 Å². The fourth-order valence-corrected chi connectivity index (χ4v) is 4.55. The highest BCUT2D eigenvalue weighted by molar-refractivity contribution is 7.16. The maximum absolute atomic E-state index is 13.0. The van der Waals surface area contributed by atoms with Gasteiger partial charge in [0.25, 0.3) is 5.91 Å². The quantitative estimate of drug-likeness (QED) is 0.153. The lowest BCUT2D eigenvalue weighted by Gasteiger charge is -2.13. The summed E-state index contributed by atoms with van der Waals surface area (Å²) in [4.78, 5) is 26.4. The first-order valence-electron chi connectivity index (χ1n) is 12.1. The Morgan fingerprint density at radius 1 is 1.05 bits per heavy atom. The van der Waals surface area contributed by atoms with E-state index < -0.39 is 11.9 Å². The molecule has 0 saturated heterocycles. The molecule has 0 atom stereocenters. The summed E-state index contributed by atoms with van der Waals surface area (Å²) in [5, 5.41) is 13.4. The number of nitriles is 1. The van der Waals surface area contributed by atoms with Crippen LogP contribution >= 0.6 is 22.9 Å².